The Balaban J connectivity index is 0.000000398. The number of aliphatic hydroxyl groups is 2. The van der Waals surface area contributed by atoms with Crippen LogP contribution in [0.1, 0.15) is 102 Å². The summed E-state index contributed by atoms with van der Waals surface area (Å²) in [5, 5.41) is 26.5. The fourth-order valence-corrected chi connectivity index (χ4v) is 10.0. The number of aromatic amines is 3. The number of alkyl halides is 3. The van der Waals surface area contributed by atoms with Crippen LogP contribution in [-0.2, 0) is 58.1 Å². The predicted octanol–water partition coefficient (Wildman–Crippen LogP) is 14.6. The molecular weight excluding hydrogens is 1490 g/mol. The Morgan fingerprint density at radius 3 is 1.57 bits per heavy atom. The highest BCUT2D eigenvalue weighted by atomic mass is 36.0. The molecule has 2 radical (unpaired) electrons. The summed E-state index contributed by atoms with van der Waals surface area (Å²) in [5.74, 6) is -0.300. The van der Waals surface area contributed by atoms with Crippen LogP contribution in [0.25, 0.3) is 22.2 Å². The summed E-state index contributed by atoms with van der Waals surface area (Å²) in [6.45, 7) is 16.0. The molecule has 540 valence electrons. The van der Waals surface area contributed by atoms with Crippen molar-refractivity contribution in [3.05, 3.63) is 248 Å². The molecule has 0 bridgehead atoms. The van der Waals surface area contributed by atoms with Crippen LogP contribution < -0.4 is 32.2 Å². The van der Waals surface area contributed by atoms with Gasteiger partial charge in [-0.15, -0.1) is 34.8 Å². The van der Waals surface area contributed by atoms with Gasteiger partial charge in [-0.2, -0.15) is 0 Å². The maximum atomic E-state index is 12.4. The normalized spacial score (nSPS) is 10.2. The minimum absolute atomic E-state index is 0.0472. The van der Waals surface area contributed by atoms with E-state index < -0.39 is 38.8 Å². The summed E-state index contributed by atoms with van der Waals surface area (Å²) in [6, 6.07) is 35.6. The molecule has 6 N–H and O–H groups in total. The number of nitrogens with zero attached hydrogens (tertiary/aromatic N) is 5. The van der Waals surface area contributed by atoms with Crippen molar-refractivity contribution in [3.63, 3.8) is 0 Å². The fourth-order valence-electron chi connectivity index (χ4n) is 7.78. The number of carbonyl (C=O) groups is 2. The van der Waals surface area contributed by atoms with Gasteiger partial charge in [-0.05, 0) is 143 Å². The maximum Gasteiger partial charge on any atom is 0.341 e. The van der Waals surface area contributed by atoms with E-state index in [4.69, 9.17) is 84.2 Å². The second kappa shape index (κ2) is 51.6. The van der Waals surface area contributed by atoms with E-state index in [2.05, 4.69) is 67.1 Å². The number of aromatic carboxylic acids is 1. The number of aryl methyl sites for hydroxylation is 3. The first-order valence-electron chi connectivity index (χ1n) is 30.7. The lowest BCUT2D eigenvalue weighted by Crippen LogP contribution is -2.22. The highest BCUT2D eigenvalue weighted by Gasteiger charge is 2.18. The number of oxazole rings is 2. The number of halogens is 5. The van der Waals surface area contributed by atoms with Gasteiger partial charge < -0.3 is 61.7 Å². The van der Waals surface area contributed by atoms with Crippen LogP contribution in [0.15, 0.2) is 197 Å². The van der Waals surface area contributed by atoms with Crippen LogP contribution >= 0.6 is 80.1 Å². The maximum absolute atomic E-state index is 12.4. The van der Waals surface area contributed by atoms with Crippen molar-refractivity contribution in [3.8, 4) is 5.88 Å². The molecule has 2 aromatic carbocycles. The molecule has 10 aromatic rings. The Labute approximate surface area is 617 Å². The monoisotopic (exact) mass is 1560 g/mol. The van der Waals surface area contributed by atoms with Crippen molar-refractivity contribution in [1.82, 2.24) is 38.6 Å². The van der Waals surface area contributed by atoms with Crippen LogP contribution in [0.5, 0.6) is 5.88 Å². The van der Waals surface area contributed by atoms with Crippen molar-refractivity contribution in [1.29, 1.82) is 0 Å². The van der Waals surface area contributed by atoms with Gasteiger partial charge in [0.15, 0.2) is 11.2 Å². The van der Waals surface area contributed by atoms with Gasteiger partial charge in [-0.3, -0.25) is 24.0 Å². The number of thioether (sulfide) groups is 1. The van der Waals surface area contributed by atoms with Crippen LogP contribution in [0.2, 0.25) is 26.2 Å². The molecule has 8 aromatic heterocycles. The SMILES string of the molecule is CCCCn1cccc(CCl)c1=O.CCCCn1cccc(CO)c1=O.CCCCn1cccc(CSc2nc3ccccc3o2)c1=O.C[Si](C)OC(=O)c1cccnc1O[Si](C)C.ClCCl.O=C(O)c1ccc[nH]c1=O.O=S(Cl)Cl.O=c1[nH]cccc1CO.S=c1[nH]c2ccccc2o1. The van der Waals surface area contributed by atoms with E-state index in [1.807, 2.05) is 105 Å². The van der Waals surface area contributed by atoms with Crippen LogP contribution in [-0.4, -0.2) is 93.5 Å². The summed E-state index contributed by atoms with van der Waals surface area (Å²) < 4.78 is 35.8. The number of aliphatic hydroxyl groups excluding tert-OH is 2. The molecule has 10 rings (SSSR count). The lowest BCUT2D eigenvalue weighted by Gasteiger charge is -2.12. The van der Waals surface area contributed by atoms with Gasteiger partial charge in [0.25, 0.3) is 55.9 Å². The third-order valence-corrected chi connectivity index (χ3v) is 15.1. The van der Waals surface area contributed by atoms with E-state index >= 15 is 0 Å². The van der Waals surface area contributed by atoms with Crippen molar-refractivity contribution in [2.45, 2.75) is 135 Å². The Hall–Kier alpha value is -7.46. The van der Waals surface area contributed by atoms with E-state index in [0.29, 0.717) is 49.8 Å². The van der Waals surface area contributed by atoms with Crippen molar-refractivity contribution >= 4 is 142 Å². The molecule has 0 aliphatic carbocycles. The van der Waals surface area contributed by atoms with E-state index in [1.54, 1.807) is 68.6 Å². The Bertz CT molecular complexity index is 4280. The zero-order chi connectivity index (χ0) is 74.4. The van der Waals surface area contributed by atoms with E-state index in [9.17, 15) is 33.6 Å². The van der Waals surface area contributed by atoms with Gasteiger partial charge in [-0.1, -0.05) is 88.2 Å². The number of aromatic nitrogens is 8. The number of pyridine rings is 6. The van der Waals surface area contributed by atoms with Crippen molar-refractivity contribution < 1.29 is 46.8 Å². The van der Waals surface area contributed by atoms with E-state index in [0.717, 1.165) is 85.9 Å². The first-order valence-corrected chi connectivity index (χ1v) is 41.3. The zero-order valence-corrected chi connectivity index (χ0v) is 64.2. The fraction of sp³-hybridized carbons (Fsp3) is 0.313. The molecule has 0 unspecified atom stereocenters. The Morgan fingerprint density at radius 2 is 1.10 bits per heavy atom. The number of para-hydroxylation sites is 4. The van der Waals surface area contributed by atoms with Gasteiger partial charge in [0.1, 0.15) is 16.6 Å². The predicted molar refractivity (Wildman–Crippen MR) is 406 cm³/mol. The number of hydrogen-bond acceptors (Lipinski definition) is 18. The average Bonchev–Trinajstić information content (AvgIpc) is 1.63. The smallest absolute Gasteiger partial charge is 0.341 e. The molecular formula is C67H81Cl5N8O15S3Si2. The molecule has 0 fully saturated rings. The summed E-state index contributed by atoms with van der Waals surface area (Å²) in [7, 11) is 5.38. The molecule has 0 aliphatic heterocycles. The number of rotatable bonds is 20. The summed E-state index contributed by atoms with van der Waals surface area (Å²) in [5.41, 5.74) is 5.17. The average molecular weight is 1570 g/mol. The number of H-pyrrole nitrogens is 3. The number of carboxylic acids is 1. The quantitative estimate of drug-likeness (QED) is 0.0136. The lowest BCUT2D eigenvalue weighted by atomic mass is 10.3. The number of benzene rings is 2. The molecule has 33 heteroatoms. The molecule has 8 heterocycles. The van der Waals surface area contributed by atoms with Gasteiger partial charge in [0, 0.05) is 106 Å². The van der Waals surface area contributed by atoms with Gasteiger partial charge >= 0.3 is 11.9 Å². The first-order chi connectivity index (χ1) is 47.9. The summed E-state index contributed by atoms with van der Waals surface area (Å²) in [4.78, 5) is 95.2. The third kappa shape index (κ3) is 34.7. The molecule has 100 heavy (non-hydrogen) atoms. The highest BCUT2D eigenvalue weighted by Crippen LogP contribution is 2.25. The van der Waals surface area contributed by atoms with Gasteiger partial charge in [0.05, 0.1) is 29.9 Å². The molecule has 23 nitrogen and oxygen atoms in total. The van der Waals surface area contributed by atoms with Crippen LogP contribution in [0.3, 0.4) is 0 Å². The minimum atomic E-state index is -1.67. The standard InChI is InChI=1S/C17H18N2O2S.C10H14ClNO.C10H15NO3Si2.C10H15NO2.C7H5NOS.C6H5NO3.C6H7NO2.CH2Cl2.Cl2OS/c1-2-3-10-19-11-6-7-13(16(19)20)12-22-17-18-14-8-4-5-9-15(14)21-17;1-2-3-6-12-7-4-5-9(8-11)10(12)13;1-15(2)13-9-8(6-5-7-11-9)10(12)14-16(3)4;1-2-3-6-11-7-4-5-9(8-12)10(11)13;10-7-8-5-3-1-2-4-6(5)9-7;8-5-4(6(9)10)2-1-3-7-5;8-4-5-2-1-3-7-6(5)9;2-1-3;1-4(2)3/h4-9,11H,2-3,10,12H2,1H3;4-5,7H,2-3,6,8H2,1H3;5-7H,1-4H3;4-5,7,12H,2-3,6,8H2,1H3;1-4H,(H,8,10);1-3H,(H,7,8)(H,9,10);1-3,8H,4H2,(H,7,9);1H2;. The van der Waals surface area contributed by atoms with Gasteiger partial charge in [0.2, 0.25) is 15.1 Å². The minimum Gasteiger partial charge on any atom is -0.529 e. The largest absolute Gasteiger partial charge is 0.529 e. The zero-order valence-electron chi connectivity index (χ0n) is 56.0. The van der Waals surface area contributed by atoms with Crippen molar-refractivity contribution in [2.24, 2.45) is 0 Å². The molecule has 0 amide bonds. The molecule has 0 saturated carbocycles. The van der Waals surface area contributed by atoms with Crippen LogP contribution in [0.4, 0.5) is 0 Å². The summed E-state index contributed by atoms with van der Waals surface area (Å²) in [6.07, 6.45) is 16.2. The molecule has 0 saturated heterocycles. The highest BCUT2D eigenvalue weighted by molar-refractivity contribution is 8.26. The molecule has 0 atom stereocenters. The van der Waals surface area contributed by atoms with Crippen molar-refractivity contribution in [2.75, 3.05) is 5.34 Å². The van der Waals surface area contributed by atoms with Crippen LogP contribution in [0, 0.1) is 4.84 Å². The first kappa shape index (κ1) is 88.6. The Kier molecular flexibility index (Phi) is 45.8. The second-order valence-electron chi connectivity index (χ2n) is 20.5. The second-order valence-corrected chi connectivity index (χ2v) is 29.5. The molecule has 0 aliphatic rings. The van der Waals surface area contributed by atoms with Gasteiger partial charge in [-0.25, -0.2) is 23.8 Å². The summed E-state index contributed by atoms with van der Waals surface area (Å²) >= 11 is 21.4. The topological polar surface area (TPSA) is 330 Å². The third-order valence-electron chi connectivity index (χ3n) is 12.5. The number of unbranched alkanes of at least 4 members (excludes halogenated alkanes) is 3. The van der Waals surface area contributed by atoms with E-state index in [-0.39, 0.29) is 52.3 Å². The lowest BCUT2D eigenvalue weighted by molar-refractivity contribution is 0.0692. The number of nitrogens with one attached hydrogen (secondary N) is 3. The number of carboxylic acid groups (broad SMARTS) is 1. The number of fused-ring (bicyclic) bond motifs is 2. The number of hydrogen-bond donors (Lipinski definition) is 6. The number of carbonyl (C=O) groups excluding carboxylic acids is 1. The molecule has 0 spiro atoms. The van der Waals surface area contributed by atoms with E-state index in [1.165, 1.54) is 36.3 Å². The Morgan fingerprint density at radius 1 is 0.620 bits per heavy atom.